The molecule has 0 aliphatic carbocycles. The molecule has 377 valence electrons. The van der Waals surface area contributed by atoms with Crippen LogP contribution in [-0.2, 0) is 19.5 Å². The fourth-order valence-corrected chi connectivity index (χ4v) is 19.6. The van der Waals surface area contributed by atoms with Crippen molar-refractivity contribution in [1.29, 1.82) is 0 Å². The first-order valence-electron chi connectivity index (χ1n) is 25.9. The third-order valence-corrected chi connectivity index (χ3v) is 23.7. The van der Waals surface area contributed by atoms with Gasteiger partial charge in [0.2, 0.25) is 0 Å². The fourth-order valence-electron chi connectivity index (χ4n) is 9.26. The molecule has 0 radical (unpaired) electrons. The molecule has 0 N–H and O–H groups in total. The molecule has 0 aliphatic heterocycles. The Labute approximate surface area is 475 Å². The third-order valence-electron chi connectivity index (χ3n) is 12.7. The van der Waals surface area contributed by atoms with E-state index in [4.69, 9.17) is 0 Å². The van der Waals surface area contributed by atoms with Gasteiger partial charge in [-0.1, -0.05) is 218 Å². The van der Waals surface area contributed by atoms with Crippen LogP contribution in [0.3, 0.4) is 0 Å². The Kier molecular flexibility index (Phi) is 22.8. The van der Waals surface area contributed by atoms with Crippen LogP contribution in [0.15, 0.2) is 364 Å². The molecule has 0 aromatic heterocycles. The van der Waals surface area contributed by atoms with Crippen molar-refractivity contribution in [2.24, 2.45) is 0 Å². The van der Waals surface area contributed by atoms with Gasteiger partial charge in [0.1, 0.15) is 63.7 Å². The van der Waals surface area contributed by atoms with E-state index >= 15 is 0 Å². The molecule has 0 saturated carbocycles. The zero-order valence-electron chi connectivity index (χ0n) is 43.0. The van der Waals surface area contributed by atoms with Crippen LogP contribution in [0.25, 0.3) is 0 Å². The van der Waals surface area contributed by atoms with Crippen molar-refractivity contribution in [3.05, 3.63) is 364 Å². The molecule has 77 heavy (non-hydrogen) atoms. The van der Waals surface area contributed by atoms with Crippen molar-refractivity contribution in [1.82, 2.24) is 0 Å². The van der Waals surface area contributed by atoms with E-state index in [9.17, 15) is 0 Å². The normalized spacial score (nSPS) is 10.4. The van der Waals surface area contributed by atoms with Crippen LogP contribution < -0.4 is 63.7 Å². The van der Waals surface area contributed by atoms with Crippen molar-refractivity contribution >= 4 is 95.3 Å². The minimum Gasteiger partial charge on any atom is -0.0620 e. The summed E-state index contributed by atoms with van der Waals surface area (Å²) in [6, 6.07) is 130. The first-order valence-corrected chi connectivity index (χ1v) is 31.9. The maximum atomic E-state index is 2.24. The fraction of sp³-hybridized carbons (Fsp3) is 0. The summed E-state index contributed by atoms with van der Waals surface area (Å²) >= 11 is 0. The molecule has 0 aliphatic rings. The zero-order chi connectivity index (χ0) is 51.7. The molecular formula is C72H65P4Ru+4. The predicted molar refractivity (Wildman–Crippen MR) is 348 cm³/mol. The van der Waals surface area contributed by atoms with Gasteiger partial charge in [-0.2, -0.15) is 0 Å². The summed E-state index contributed by atoms with van der Waals surface area (Å²) in [5.74, 6) is 0. The van der Waals surface area contributed by atoms with Gasteiger partial charge in [0.05, 0.1) is 31.7 Å². The van der Waals surface area contributed by atoms with Crippen molar-refractivity contribution < 1.29 is 19.5 Å². The Bertz CT molecular complexity index is 2580. The Morgan fingerprint density at radius 3 is 0.234 bits per heavy atom. The van der Waals surface area contributed by atoms with E-state index in [0.29, 0.717) is 0 Å². The number of rotatable bonds is 12. The Hall–Kier alpha value is -7.02. The monoisotopic (exact) mass is 1160 g/mol. The van der Waals surface area contributed by atoms with E-state index in [0.717, 1.165) is 0 Å². The van der Waals surface area contributed by atoms with Crippen molar-refractivity contribution in [3.8, 4) is 0 Å². The molecule has 0 spiro atoms. The molecule has 0 unspecified atom stereocenters. The molecule has 5 heteroatoms. The Balaban J connectivity index is 0.000000135. The summed E-state index contributed by atoms with van der Waals surface area (Å²) in [7, 11) is -3.51. The van der Waals surface area contributed by atoms with Gasteiger partial charge in [-0.05, 0) is 146 Å². The molecule has 0 amide bonds. The van der Waals surface area contributed by atoms with Crippen LogP contribution in [0.1, 0.15) is 0 Å². The minimum absolute atomic E-state index is 0. The van der Waals surface area contributed by atoms with Gasteiger partial charge in [0.25, 0.3) is 0 Å². The second kappa shape index (κ2) is 31.3. The molecule has 0 bridgehead atoms. The smallest absolute Gasteiger partial charge is 0.0620 e. The van der Waals surface area contributed by atoms with Gasteiger partial charge >= 0.3 is 19.5 Å². The molecule has 0 nitrogen and oxygen atoms in total. The standard InChI is InChI=1S/4C18H15P.Ru.H/c4*1-4-10-16(11-5-1)19(17-12-6-2-7-13-17)18-14-8-3-9-15-18;;/h4*1-15H;;/p+4. The number of hydrogen-bond acceptors (Lipinski definition) is 0. The molecule has 12 aromatic rings. The second-order valence-corrected chi connectivity index (χ2v) is 27.8. The summed E-state index contributed by atoms with van der Waals surface area (Å²) in [6.45, 7) is 0. The number of hydrogen-bond donors (Lipinski definition) is 0. The zero-order valence-corrected chi connectivity index (χ0v) is 48.9. The van der Waals surface area contributed by atoms with Crippen LogP contribution in [0, 0.1) is 0 Å². The van der Waals surface area contributed by atoms with Crippen LogP contribution in [-0.4, -0.2) is 0 Å². The predicted octanol–water partition coefficient (Wildman–Crippen LogP) is 12.4. The van der Waals surface area contributed by atoms with Gasteiger partial charge in [-0.15, -0.1) is 0 Å². The summed E-state index contributed by atoms with van der Waals surface area (Å²) in [5.41, 5.74) is 0. The maximum Gasteiger partial charge on any atom is 0.102 e. The molecule has 0 atom stereocenters. The first-order chi connectivity index (χ1) is 37.8. The summed E-state index contributed by atoms with van der Waals surface area (Å²) < 4.78 is 0. The van der Waals surface area contributed by atoms with Crippen LogP contribution >= 0.6 is 31.7 Å². The third kappa shape index (κ3) is 16.5. The molecule has 12 aromatic carbocycles. The van der Waals surface area contributed by atoms with E-state index in [-0.39, 0.29) is 19.5 Å². The van der Waals surface area contributed by atoms with Crippen LogP contribution in [0.5, 0.6) is 0 Å². The van der Waals surface area contributed by atoms with E-state index in [1.807, 2.05) is 0 Å². The summed E-state index contributed by atoms with van der Waals surface area (Å²) in [5, 5.41) is 17.2. The average Bonchev–Trinajstić information content (AvgIpc) is 3.51. The van der Waals surface area contributed by atoms with Crippen molar-refractivity contribution in [2.45, 2.75) is 0 Å². The van der Waals surface area contributed by atoms with Crippen molar-refractivity contribution in [3.63, 3.8) is 0 Å². The van der Waals surface area contributed by atoms with Gasteiger partial charge in [-0.3, -0.25) is 0 Å². The Morgan fingerprint density at radius 1 is 0.104 bits per heavy atom. The van der Waals surface area contributed by atoms with E-state index in [1.54, 1.807) is 0 Å². The first kappa shape index (κ1) is 56.2. The van der Waals surface area contributed by atoms with E-state index in [2.05, 4.69) is 364 Å². The van der Waals surface area contributed by atoms with Gasteiger partial charge in [0.15, 0.2) is 0 Å². The maximum absolute atomic E-state index is 2.24. The number of benzene rings is 12. The van der Waals surface area contributed by atoms with Crippen molar-refractivity contribution in [2.75, 3.05) is 0 Å². The molecular weight excluding hydrogens is 1090 g/mol. The largest absolute Gasteiger partial charge is 0.102 e. The van der Waals surface area contributed by atoms with Gasteiger partial charge < -0.3 is 0 Å². The molecule has 0 heterocycles. The minimum atomic E-state index is -0.877. The van der Waals surface area contributed by atoms with Crippen LogP contribution in [0.2, 0.25) is 0 Å². The second-order valence-electron chi connectivity index (χ2n) is 17.9. The van der Waals surface area contributed by atoms with Crippen LogP contribution in [0.4, 0.5) is 0 Å². The molecule has 0 fully saturated rings. The molecule has 0 saturated heterocycles. The average molecular weight is 1160 g/mol. The summed E-state index contributed by atoms with van der Waals surface area (Å²) in [4.78, 5) is 0. The molecule has 12 rings (SSSR count). The van der Waals surface area contributed by atoms with Gasteiger partial charge in [-0.25, -0.2) is 0 Å². The summed E-state index contributed by atoms with van der Waals surface area (Å²) in [6.07, 6.45) is 0. The van der Waals surface area contributed by atoms with Gasteiger partial charge in [0, 0.05) is 0 Å². The van der Waals surface area contributed by atoms with E-state index in [1.165, 1.54) is 63.7 Å². The Morgan fingerprint density at radius 2 is 0.169 bits per heavy atom. The topological polar surface area (TPSA) is 0 Å². The quantitative estimate of drug-likeness (QED) is 0.0845. The van der Waals surface area contributed by atoms with E-state index < -0.39 is 31.7 Å². The SMILES string of the molecule is [RuH].c1ccc([PH+](c2ccccc2)c2ccccc2)cc1.c1ccc([PH+](c2ccccc2)c2ccccc2)cc1.c1ccc([PH+](c2ccccc2)c2ccccc2)cc1.c1ccc([PH+](c2ccccc2)c2ccccc2)cc1.